The predicted molar refractivity (Wildman–Crippen MR) is 107 cm³/mol. The fourth-order valence-electron chi connectivity index (χ4n) is 2.72. The van der Waals surface area contributed by atoms with Gasteiger partial charge in [-0.2, -0.15) is 0 Å². The summed E-state index contributed by atoms with van der Waals surface area (Å²) < 4.78 is 11.2. The van der Waals surface area contributed by atoms with Gasteiger partial charge < -0.3 is 20.1 Å². The lowest BCUT2D eigenvalue weighted by atomic mass is 10.3. The average molecular weight is 363 g/mol. The van der Waals surface area contributed by atoms with Gasteiger partial charge in [-0.3, -0.25) is 9.89 Å². The van der Waals surface area contributed by atoms with E-state index in [0.717, 1.165) is 36.6 Å². The zero-order valence-electron chi connectivity index (χ0n) is 16.8. The monoisotopic (exact) mass is 362 g/mol. The van der Waals surface area contributed by atoms with Gasteiger partial charge in [0.1, 0.15) is 17.6 Å². The van der Waals surface area contributed by atoms with Gasteiger partial charge in [-0.15, -0.1) is 0 Å². The van der Waals surface area contributed by atoms with Crippen molar-refractivity contribution in [2.24, 2.45) is 4.99 Å². The summed E-state index contributed by atoms with van der Waals surface area (Å²) >= 11 is 0. The second-order valence-electron chi connectivity index (χ2n) is 6.95. The number of aliphatic imine (C=N–C) groups is 1. The number of guanidine groups is 1. The van der Waals surface area contributed by atoms with Crippen molar-refractivity contribution in [2.45, 2.75) is 51.8 Å². The van der Waals surface area contributed by atoms with Crippen LogP contribution >= 0.6 is 0 Å². The van der Waals surface area contributed by atoms with Crippen LogP contribution in [0.2, 0.25) is 0 Å². The Bertz CT molecular complexity index is 575. The van der Waals surface area contributed by atoms with Crippen LogP contribution in [0.3, 0.4) is 0 Å². The number of hydrogen-bond donors (Lipinski definition) is 2. The fourth-order valence-corrected chi connectivity index (χ4v) is 2.72. The lowest BCUT2D eigenvalue weighted by Crippen LogP contribution is -2.43. The van der Waals surface area contributed by atoms with Gasteiger partial charge in [0.2, 0.25) is 0 Å². The molecule has 2 rings (SSSR count). The Balaban J connectivity index is 1.81. The molecule has 2 N–H and O–H groups in total. The first-order valence-electron chi connectivity index (χ1n) is 9.58. The first kappa shape index (κ1) is 20.4. The summed E-state index contributed by atoms with van der Waals surface area (Å²) in [5.74, 6) is 2.44. The van der Waals surface area contributed by atoms with Crippen LogP contribution in [-0.2, 0) is 0 Å². The lowest BCUT2D eigenvalue weighted by Gasteiger charge is -2.23. The molecule has 0 spiro atoms. The minimum Gasteiger partial charge on any atom is -0.497 e. The molecule has 1 aromatic carbocycles. The standard InChI is InChI=1S/C20H34N4O2/c1-6-21-20(22-13-15(2)24(4)17-10-11-17)23-14-16(3)26-19-9-7-8-18(12-19)25-5/h7-9,12,15-17H,6,10-11,13-14H2,1-5H3,(H2,21,22,23). The molecule has 6 nitrogen and oxygen atoms in total. The van der Waals surface area contributed by atoms with Gasteiger partial charge in [0.25, 0.3) is 0 Å². The van der Waals surface area contributed by atoms with Crippen molar-refractivity contribution < 1.29 is 9.47 Å². The summed E-state index contributed by atoms with van der Waals surface area (Å²) in [6.07, 6.45) is 2.65. The second-order valence-corrected chi connectivity index (χ2v) is 6.95. The Morgan fingerprint density at radius 1 is 1.27 bits per heavy atom. The van der Waals surface area contributed by atoms with Crippen molar-refractivity contribution in [3.05, 3.63) is 24.3 Å². The molecule has 1 aromatic rings. The number of ether oxygens (including phenoxy) is 2. The van der Waals surface area contributed by atoms with Gasteiger partial charge in [-0.05, 0) is 52.8 Å². The zero-order valence-corrected chi connectivity index (χ0v) is 16.8. The largest absolute Gasteiger partial charge is 0.497 e. The first-order valence-corrected chi connectivity index (χ1v) is 9.58. The molecule has 0 aromatic heterocycles. The molecule has 0 radical (unpaired) electrons. The highest BCUT2D eigenvalue weighted by atomic mass is 16.5. The molecular weight excluding hydrogens is 328 g/mol. The summed E-state index contributed by atoms with van der Waals surface area (Å²) in [6, 6.07) is 8.87. The molecule has 0 aliphatic heterocycles. The molecule has 0 heterocycles. The van der Waals surface area contributed by atoms with Crippen LogP contribution in [0.25, 0.3) is 0 Å². The predicted octanol–water partition coefficient (Wildman–Crippen LogP) is 2.50. The molecule has 0 saturated heterocycles. The average Bonchev–Trinajstić information content (AvgIpc) is 3.48. The molecule has 2 atom stereocenters. The van der Waals surface area contributed by atoms with Crippen LogP contribution in [0.4, 0.5) is 0 Å². The summed E-state index contributed by atoms with van der Waals surface area (Å²) in [4.78, 5) is 7.16. The molecule has 0 bridgehead atoms. The maximum absolute atomic E-state index is 5.96. The van der Waals surface area contributed by atoms with Crippen LogP contribution in [-0.4, -0.2) is 62.8 Å². The normalized spacial score (nSPS) is 16.9. The summed E-state index contributed by atoms with van der Waals surface area (Å²) in [5, 5.41) is 6.68. The molecule has 1 aliphatic rings. The molecule has 26 heavy (non-hydrogen) atoms. The Morgan fingerprint density at radius 2 is 2.00 bits per heavy atom. The van der Waals surface area contributed by atoms with Crippen molar-refractivity contribution in [1.82, 2.24) is 15.5 Å². The summed E-state index contributed by atoms with van der Waals surface area (Å²) in [7, 11) is 3.85. The van der Waals surface area contributed by atoms with E-state index in [2.05, 4.69) is 36.4 Å². The molecule has 1 fully saturated rings. The van der Waals surface area contributed by atoms with Crippen molar-refractivity contribution >= 4 is 5.96 Å². The van der Waals surface area contributed by atoms with E-state index in [9.17, 15) is 0 Å². The number of nitrogens with zero attached hydrogens (tertiary/aromatic N) is 2. The smallest absolute Gasteiger partial charge is 0.191 e. The first-order chi connectivity index (χ1) is 12.5. The highest BCUT2D eigenvalue weighted by Crippen LogP contribution is 2.26. The SMILES string of the molecule is CCNC(=NCC(C)N(C)C1CC1)NCC(C)Oc1cccc(OC)c1. The second kappa shape index (κ2) is 10.3. The molecule has 1 aliphatic carbocycles. The summed E-state index contributed by atoms with van der Waals surface area (Å²) in [5.41, 5.74) is 0. The van der Waals surface area contributed by atoms with Gasteiger partial charge in [0.05, 0.1) is 20.2 Å². The highest BCUT2D eigenvalue weighted by molar-refractivity contribution is 5.79. The van der Waals surface area contributed by atoms with E-state index in [-0.39, 0.29) is 6.10 Å². The minimum absolute atomic E-state index is 0.0116. The Morgan fingerprint density at radius 3 is 2.65 bits per heavy atom. The van der Waals surface area contributed by atoms with Gasteiger partial charge >= 0.3 is 0 Å². The summed E-state index contributed by atoms with van der Waals surface area (Å²) in [6.45, 7) is 8.65. The third-order valence-electron chi connectivity index (χ3n) is 4.61. The van der Waals surface area contributed by atoms with E-state index in [4.69, 9.17) is 14.5 Å². The topological polar surface area (TPSA) is 58.1 Å². The lowest BCUT2D eigenvalue weighted by molar-refractivity contribution is 0.222. The maximum atomic E-state index is 5.96. The van der Waals surface area contributed by atoms with Crippen LogP contribution in [0.15, 0.2) is 29.3 Å². The van der Waals surface area contributed by atoms with Gasteiger partial charge in [0.15, 0.2) is 5.96 Å². The number of hydrogen-bond acceptors (Lipinski definition) is 4. The van der Waals surface area contributed by atoms with E-state index in [1.54, 1.807) is 7.11 Å². The highest BCUT2D eigenvalue weighted by Gasteiger charge is 2.28. The molecule has 2 unspecified atom stereocenters. The maximum Gasteiger partial charge on any atom is 0.191 e. The number of benzene rings is 1. The van der Waals surface area contributed by atoms with Crippen molar-refractivity contribution in [3.63, 3.8) is 0 Å². The van der Waals surface area contributed by atoms with Crippen LogP contribution < -0.4 is 20.1 Å². The van der Waals surface area contributed by atoms with E-state index >= 15 is 0 Å². The van der Waals surface area contributed by atoms with E-state index in [1.165, 1.54) is 12.8 Å². The van der Waals surface area contributed by atoms with E-state index in [1.807, 2.05) is 31.2 Å². The van der Waals surface area contributed by atoms with Crippen LogP contribution in [0, 0.1) is 0 Å². The van der Waals surface area contributed by atoms with Crippen molar-refractivity contribution in [2.75, 3.05) is 33.8 Å². The quantitative estimate of drug-likeness (QED) is 0.495. The minimum atomic E-state index is 0.0116. The van der Waals surface area contributed by atoms with Gasteiger partial charge in [0, 0.05) is 24.7 Å². The molecule has 1 saturated carbocycles. The third-order valence-corrected chi connectivity index (χ3v) is 4.61. The fraction of sp³-hybridized carbons (Fsp3) is 0.650. The number of nitrogens with one attached hydrogen (secondary N) is 2. The molecule has 0 amide bonds. The van der Waals surface area contributed by atoms with Crippen molar-refractivity contribution in [3.8, 4) is 11.5 Å². The Labute approximate surface area is 158 Å². The number of methoxy groups -OCH3 is 1. The van der Waals surface area contributed by atoms with Crippen LogP contribution in [0.5, 0.6) is 11.5 Å². The zero-order chi connectivity index (χ0) is 18.9. The Hall–Kier alpha value is -1.95. The molecular formula is C20H34N4O2. The molecule has 146 valence electrons. The van der Waals surface area contributed by atoms with E-state index < -0.39 is 0 Å². The van der Waals surface area contributed by atoms with Gasteiger partial charge in [-0.1, -0.05) is 6.07 Å². The number of likely N-dealkylation sites (N-methyl/N-ethyl adjacent to an activating group) is 1. The van der Waals surface area contributed by atoms with E-state index in [0.29, 0.717) is 12.6 Å². The van der Waals surface area contributed by atoms with Gasteiger partial charge in [-0.25, -0.2) is 0 Å². The number of rotatable bonds is 10. The third kappa shape index (κ3) is 6.75. The molecule has 6 heteroatoms. The Kier molecular flexibility index (Phi) is 8.04. The van der Waals surface area contributed by atoms with Crippen LogP contribution in [0.1, 0.15) is 33.6 Å². The van der Waals surface area contributed by atoms with Crippen molar-refractivity contribution in [1.29, 1.82) is 0 Å².